The molecule has 0 aliphatic rings. The molecule has 0 unspecified atom stereocenters. The first-order valence-electron chi connectivity index (χ1n) is 5.96. The normalized spacial score (nSPS) is 9.85. The van der Waals surface area contributed by atoms with Crippen molar-refractivity contribution in [2.45, 2.75) is 6.54 Å². The van der Waals surface area contributed by atoms with E-state index in [1.807, 2.05) is 24.3 Å². The minimum Gasteiger partial charge on any atom is -0.479 e. The average molecular weight is 335 g/mol. The fourth-order valence-electron chi connectivity index (χ4n) is 1.69. The fraction of sp³-hybridized carbons (Fsp3) is 0.133. The van der Waals surface area contributed by atoms with Crippen LogP contribution in [0.25, 0.3) is 0 Å². The van der Waals surface area contributed by atoms with Gasteiger partial charge in [0.05, 0.1) is 5.69 Å². The van der Waals surface area contributed by atoms with Crippen LogP contribution in [0.4, 0.5) is 10.1 Å². The molecule has 2 rings (SSSR count). The standard InChI is InChI=1S/C15H12BrFN2O/c16-12-4-5-14(17)15(9-12)19-10-11-2-1-3-13(8-11)20-7-6-18/h1-5,8-9,19H,7,10H2. The molecular weight excluding hydrogens is 323 g/mol. The molecule has 20 heavy (non-hydrogen) atoms. The van der Waals surface area contributed by atoms with Crippen molar-refractivity contribution < 1.29 is 9.13 Å². The lowest BCUT2D eigenvalue weighted by Crippen LogP contribution is -2.02. The summed E-state index contributed by atoms with van der Waals surface area (Å²) in [5.41, 5.74) is 1.38. The zero-order valence-electron chi connectivity index (χ0n) is 10.6. The summed E-state index contributed by atoms with van der Waals surface area (Å²) in [6.45, 7) is 0.480. The maximum Gasteiger partial charge on any atom is 0.174 e. The molecular formula is C15H12BrFN2O. The largest absolute Gasteiger partial charge is 0.479 e. The van der Waals surface area contributed by atoms with Crippen molar-refractivity contribution in [2.75, 3.05) is 11.9 Å². The third-order valence-electron chi connectivity index (χ3n) is 2.61. The van der Waals surface area contributed by atoms with Crippen molar-refractivity contribution in [3.63, 3.8) is 0 Å². The van der Waals surface area contributed by atoms with E-state index in [-0.39, 0.29) is 12.4 Å². The van der Waals surface area contributed by atoms with E-state index < -0.39 is 0 Å². The van der Waals surface area contributed by atoms with Gasteiger partial charge in [0.15, 0.2) is 6.61 Å². The summed E-state index contributed by atoms with van der Waals surface area (Å²) < 4.78 is 19.6. The zero-order valence-corrected chi connectivity index (χ0v) is 12.2. The number of nitriles is 1. The highest BCUT2D eigenvalue weighted by Crippen LogP contribution is 2.21. The van der Waals surface area contributed by atoms with Crippen LogP contribution in [0.2, 0.25) is 0 Å². The number of hydrogen-bond acceptors (Lipinski definition) is 3. The molecule has 0 aliphatic carbocycles. The lowest BCUT2D eigenvalue weighted by molar-refractivity contribution is 0.368. The van der Waals surface area contributed by atoms with Crippen molar-refractivity contribution in [1.29, 1.82) is 5.26 Å². The van der Waals surface area contributed by atoms with Gasteiger partial charge in [0.25, 0.3) is 0 Å². The molecule has 2 aromatic rings. The first-order chi connectivity index (χ1) is 9.69. The van der Waals surface area contributed by atoms with Crippen molar-refractivity contribution in [2.24, 2.45) is 0 Å². The maximum absolute atomic E-state index is 13.6. The Morgan fingerprint density at radius 2 is 2.10 bits per heavy atom. The Morgan fingerprint density at radius 3 is 2.90 bits per heavy atom. The summed E-state index contributed by atoms with van der Waals surface area (Å²) in [6, 6.07) is 14.0. The van der Waals surface area contributed by atoms with E-state index >= 15 is 0 Å². The Bertz CT molecular complexity index is 640. The van der Waals surface area contributed by atoms with E-state index in [0.29, 0.717) is 18.0 Å². The SMILES string of the molecule is N#CCOc1cccc(CNc2cc(Br)ccc2F)c1. The first kappa shape index (κ1) is 14.4. The third-order valence-corrected chi connectivity index (χ3v) is 3.11. The molecule has 0 saturated heterocycles. The Labute approximate surface area is 125 Å². The number of hydrogen-bond donors (Lipinski definition) is 1. The lowest BCUT2D eigenvalue weighted by atomic mass is 10.2. The van der Waals surface area contributed by atoms with Gasteiger partial charge in [-0.3, -0.25) is 0 Å². The Hall–Kier alpha value is -2.06. The summed E-state index contributed by atoms with van der Waals surface area (Å²) in [4.78, 5) is 0. The molecule has 5 heteroatoms. The second-order valence-corrected chi connectivity index (χ2v) is 4.99. The van der Waals surface area contributed by atoms with Gasteiger partial charge in [0, 0.05) is 11.0 Å². The van der Waals surface area contributed by atoms with Crippen molar-refractivity contribution >= 4 is 21.6 Å². The molecule has 0 bridgehead atoms. The van der Waals surface area contributed by atoms with Crippen molar-refractivity contribution in [1.82, 2.24) is 0 Å². The molecule has 102 valence electrons. The van der Waals surface area contributed by atoms with Crippen LogP contribution < -0.4 is 10.1 Å². The monoisotopic (exact) mass is 334 g/mol. The number of halogens is 2. The Balaban J connectivity index is 2.03. The molecule has 0 fully saturated rings. The first-order valence-corrected chi connectivity index (χ1v) is 6.76. The number of benzene rings is 2. The second-order valence-electron chi connectivity index (χ2n) is 4.07. The van der Waals surface area contributed by atoms with Crippen LogP contribution >= 0.6 is 15.9 Å². The van der Waals surface area contributed by atoms with Gasteiger partial charge in [-0.2, -0.15) is 5.26 Å². The van der Waals surface area contributed by atoms with Crippen LogP contribution in [0.3, 0.4) is 0 Å². The summed E-state index contributed by atoms with van der Waals surface area (Å²) in [6.07, 6.45) is 0. The Morgan fingerprint density at radius 1 is 1.25 bits per heavy atom. The molecule has 2 aromatic carbocycles. The zero-order chi connectivity index (χ0) is 14.4. The van der Waals surface area contributed by atoms with E-state index in [2.05, 4.69) is 21.2 Å². The third kappa shape index (κ3) is 3.97. The maximum atomic E-state index is 13.6. The number of nitrogens with one attached hydrogen (secondary N) is 1. The highest BCUT2D eigenvalue weighted by atomic mass is 79.9. The van der Waals surface area contributed by atoms with E-state index in [4.69, 9.17) is 10.00 Å². The number of rotatable bonds is 5. The van der Waals surface area contributed by atoms with Gasteiger partial charge in [-0.05, 0) is 35.9 Å². The summed E-state index contributed by atoms with van der Waals surface area (Å²) in [7, 11) is 0. The highest BCUT2D eigenvalue weighted by molar-refractivity contribution is 9.10. The summed E-state index contributed by atoms with van der Waals surface area (Å²) >= 11 is 3.31. The van der Waals surface area contributed by atoms with Crippen LogP contribution in [-0.4, -0.2) is 6.61 Å². The Kier molecular flexibility index (Phi) is 4.97. The number of nitrogens with zero attached hydrogens (tertiary/aromatic N) is 1. The van der Waals surface area contributed by atoms with E-state index in [9.17, 15) is 4.39 Å². The molecule has 0 spiro atoms. The molecule has 0 aliphatic heterocycles. The molecule has 3 nitrogen and oxygen atoms in total. The van der Waals surface area contributed by atoms with Gasteiger partial charge in [0.1, 0.15) is 17.6 Å². The predicted molar refractivity (Wildman–Crippen MR) is 79.0 cm³/mol. The molecule has 1 N–H and O–H groups in total. The summed E-state index contributed by atoms with van der Waals surface area (Å²) in [5, 5.41) is 11.5. The minimum absolute atomic E-state index is 0.0111. The molecule has 0 amide bonds. The average Bonchev–Trinajstić information content (AvgIpc) is 2.46. The molecule has 0 saturated carbocycles. The fourth-order valence-corrected chi connectivity index (χ4v) is 2.05. The highest BCUT2D eigenvalue weighted by Gasteiger charge is 2.03. The second kappa shape index (κ2) is 6.92. The van der Waals surface area contributed by atoms with Crippen molar-refractivity contribution in [3.05, 3.63) is 58.3 Å². The number of ether oxygens (including phenoxy) is 1. The van der Waals surface area contributed by atoms with Crippen molar-refractivity contribution in [3.8, 4) is 11.8 Å². The van der Waals surface area contributed by atoms with E-state index in [1.54, 1.807) is 18.2 Å². The molecule has 0 heterocycles. The van der Waals surface area contributed by atoms with Gasteiger partial charge in [-0.15, -0.1) is 0 Å². The van der Waals surface area contributed by atoms with E-state index in [1.165, 1.54) is 6.07 Å². The van der Waals surface area contributed by atoms with E-state index in [0.717, 1.165) is 10.0 Å². The van der Waals surface area contributed by atoms with Gasteiger partial charge in [0.2, 0.25) is 0 Å². The van der Waals surface area contributed by atoms with Crippen LogP contribution in [0, 0.1) is 17.1 Å². The summed E-state index contributed by atoms with van der Waals surface area (Å²) in [5.74, 6) is 0.325. The van der Waals surface area contributed by atoms with Crippen LogP contribution in [0.5, 0.6) is 5.75 Å². The molecule has 0 atom stereocenters. The molecule has 0 radical (unpaired) electrons. The molecule has 0 aromatic heterocycles. The van der Waals surface area contributed by atoms with Crippen LogP contribution in [0.1, 0.15) is 5.56 Å². The smallest absolute Gasteiger partial charge is 0.174 e. The topological polar surface area (TPSA) is 45.0 Å². The van der Waals surface area contributed by atoms with Crippen LogP contribution in [0.15, 0.2) is 46.9 Å². The number of anilines is 1. The van der Waals surface area contributed by atoms with Gasteiger partial charge < -0.3 is 10.1 Å². The minimum atomic E-state index is -0.301. The van der Waals surface area contributed by atoms with Gasteiger partial charge >= 0.3 is 0 Å². The lowest BCUT2D eigenvalue weighted by Gasteiger charge is -2.09. The predicted octanol–water partition coefficient (Wildman–Crippen LogP) is 4.10. The van der Waals surface area contributed by atoms with Gasteiger partial charge in [-0.25, -0.2) is 4.39 Å². The van der Waals surface area contributed by atoms with Crippen LogP contribution in [-0.2, 0) is 6.54 Å². The quantitative estimate of drug-likeness (QED) is 0.895. The van der Waals surface area contributed by atoms with Gasteiger partial charge in [-0.1, -0.05) is 28.1 Å².